The van der Waals surface area contributed by atoms with Crippen LogP contribution < -0.4 is 5.32 Å². The summed E-state index contributed by atoms with van der Waals surface area (Å²) in [6.45, 7) is 2.09. The van der Waals surface area contributed by atoms with E-state index in [4.69, 9.17) is 4.74 Å². The highest BCUT2D eigenvalue weighted by molar-refractivity contribution is 7.99. The van der Waals surface area contributed by atoms with Gasteiger partial charge in [-0.3, -0.25) is 9.59 Å². The van der Waals surface area contributed by atoms with Crippen LogP contribution in [0.2, 0.25) is 0 Å². The number of ketones is 1. The average molecular weight is 431 g/mol. The lowest BCUT2D eigenvalue weighted by Crippen LogP contribution is -2.33. The molecule has 2 atom stereocenters. The Balaban J connectivity index is 1.75. The van der Waals surface area contributed by atoms with E-state index >= 15 is 0 Å². The molecule has 4 rings (SSSR count). The molecule has 29 heavy (non-hydrogen) atoms. The van der Waals surface area contributed by atoms with Crippen molar-refractivity contribution in [3.05, 3.63) is 41.1 Å². The van der Waals surface area contributed by atoms with E-state index in [-0.39, 0.29) is 29.5 Å². The van der Waals surface area contributed by atoms with E-state index in [0.717, 1.165) is 28.1 Å². The van der Waals surface area contributed by atoms with Crippen LogP contribution in [0, 0.1) is 5.92 Å². The monoisotopic (exact) mass is 430 g/mol. The van der Waals surface area contributed by atoms with Crippen molar-refractivity contribution in [3.63, 3.8) is 0 Å². The third kappa shape index (κ3) is 3.93. The molecule has 0 radical (unpaired) electrons. The quantitative estimate of drug-likeness (QED) is 0.569. The topological polar surface area (TPSA) is 86.1 Å². The van der Waals surface area contributed by atoms with Gasteiger partial charge in [0, 0.05) is 22.6 Å². The number of benzene rings is 1. The number of carbonyl (C=O) groups excluding carboxylic acids is 2. The summed E-state index contributed by atoms with van der Waals surface area (Å²) < 4.78 is 6.46. The van der Waals surface area contributed by atoms with Crippen molar-refractivity contribution in [2.75, 3.05) is 24.4 Å². The van der Waals surface area contributed by atoms with Gasteiger partial charge in [-0.05, 0) is 36.3 Å². The predicted octanol–water partition coefficient (Wildman–Crippen LogP) is 3.53. The first kappa shape index (κ1) is 20.0. The number of nitrogens with one attached hydrogen (secondary N) is 1. The molecular formula is C20H22N4O3S2. The van der Waals surface area contributed by atoms with Gasteiger partial charge in [-0.1, -0.05) is 30.8 Å². The van der Waals surface area contributed by atoms with Crippen LogP contribution in [0.15, 0.2) is 45.6 Å². The van der Waals surface area contributed by atoms with Crippen LogP contribution in [0.25, 0.3) is 0 Å². The maximum absolute atomic E-state index is 13.0. The van der Waals surface area contributed by atoms with Gasteiger partial charge in [-0.25, -0.2) is 4.68 Å². The Morgan fingerprint density at radius 2 is 2.07 bits per heavy atom. The second-order valence-corrected chi connectivity index (χ2v) is 8.98. The molecule has 0 saturated carbocycles. The molecule has 2 aromatic rings. The summed E-state index contributed by atoms with van der Waals surface area (Å²) in [5.74, 6) is 0.834. The van der Waals surface area contributed by atoms with E-state index in [9.17, 15) is 9.59 Å². The number of anilines is 1. The second kappa shape index (κ2) is 8.23. The standard InChI is InChI=1S/C20H22N4O3S2/c1-11-8-14-17(15(25)9-11)18(12-4-6-13(28-3)7-5-12)24-19(21-14)22-20(23-24)29-10-16(26)27-2/h4-7,11,18H,8-10H2,1-3H3,(H,21,22,23)/t11-,18+/m1/s1. The minimum atomic E-state index is -0.332. The maximum atomic E-state index is 13.0. The molecule has 1 aromatic carbocycles. The molecule has 1 aromatic heterocycles. The number of hydrogen-bond acceptors (Lipinski definition) is 8. The molecule has 0 fully saturated rings. The van der Waals surface area contributed by atoms with E-state index in [0.29, 0.717) is 17.5 Å². The number of hydrogen-bond donors (Lipinski definition) is 1. The number of rotatable bonds is 5. The fourth-order valence-corrected chi connectivity index (χ4v) is 4.79. The van der Waals surface area contributed by atoms with Crippen molar-refractivity contribution in [1.29, 1.82) is 0 Å². The zero-order valence-corrected chi connectivity index (χ0v) is 18.1. The van der Waals surface area contributed by atoms with Crippen LogP contribution in [0.3, 0.4) is 0 Å². The summed E-state index contributed by atoms with van der Waals surface area (Å²) >= 11 is 2.90. The van der Waals surface area contributed by atoms with E-state index < -0.39 is 0 Å². The number of aromatic nitrogens is 3. The molecule has 9 heteroatoms. The van der Waals surface area contributed by atoms with E-state index in [1.54, 1.807) is 16.4 Å². The summed E-state index contributed by atoms with van der Waals surface area (Å²) in [5.41, 5.74) is 2.69. The molecule has 152 valence electrons. The van der Waals surface area contributed by atoms with Crippen molar-refractivity contribution in [1.82, 2.24) is 14.8 Å². The van der Waals surface area contributed by atoms with Crippen LogP contribution in [0.4, 0.5) is 5.95 Å². The minimum absolute atomic E-state index is 0.135. The molecule has 0 saturated heterocycles. The number of allylic oxidation sites excluding steroid dienone is 2. The summed E-state index contributed by atoms with van der Waals surface area (Å²) in [6, 6.07) is 7.88. The van der Waals surface area contributed by atoms with Gasteiger partial charge in [-0.15, -0.1) is 16.9 Å². The fourth-order valence-electron chi connectivity index (χ4n) is 3.73. The highest BCUT2D eigenvalue weighted by Gasteiger charge is 2.38. The second-order valence-electron chi connectivity index (χ2n) is 7.16. The van der Waals surface area contributed by atoms with Crippen LogP contribution in [0.5, 0.6) is 0 Å². The van der Waals surface area contributed by atoms with Crippen molar-refractivity contribution >= 4 is 41.2 Å². The largest absolute Gasteiger partial charge is 0.468 e. The number of Topliss-reactive ketones (excluding diaryl/α,β-unsaturated/α-hetero) is 1. The van der Waals surface area contributed by atoms with Gasteiger partial charge >= 0.3 is 5.97 Å². The third-order valence-electron chi connectivity index (χ3n) is 5.08. The van der Waals surface area contributed by atoms with Crippen LogP contribution >= 0.6 is 23.5 Å². The number of ether oxygens (including phenoxy) is 1. The van der Waals surface area contributed by atoms with E-state index in [2.05, 4.69) is 34.5 Å². The molecule has 0 unspecified atom stereocenters. The smallest absolute Gasteiger partial charge is 0.316 e. The van der Waals surface area contributed by atoms with Gasteiger partial charge in [0.1, 0.15) is 6.04 Å². The summed E-state index contributed by atoms with van der Waals surface area (Å²) in [7, 11) is 1.36. The number of fused-ring (bicyclic) bond motifs is 1. The Morgan fingerprint density at radius 1 is 1.31 bits per heavy atom. The van der Waals surface area contributed by atoms with Gasteiger partial charge in [0.2, 0.25) is 11.1 Å². The molecule has 1 N–H and O–H groups in total. The molecule has 0 spiro atoms. The first-order valence-corrected chi connectivity index (χ1v) is 11.5. The Labute approximate surface area is 177 Å². The van der Waals surface area contributed by atoms with Gasteiger partial charge < -0.3 is 10.1 Å². The number of methoxy groups -OCH3 is 1. The van der Waals surface area contributed by atoms with Gasteiger partial charge in [-0.2, -0.15) is 4.98 Å². The van der Waals surface area contributed by atoms with Crippen molar-refractivity contribution in [2.24, 2.45) is 5.92 Å². The zero-order valence-electron chi connectivity index (χ0n) is 16.5. The number of carbonyl (C=O) groups is 2. The van der Waals surface area contributed by atoms with Crippen LogP contribution in [-0.4, -0.2) is 45.6 Å². The Bertz CT molecular complexity index is 984. The molecule has 0 amide bonds. The molecular weight excluding hydrogens is 408 g/mol. The molecule has 2 heterocycles. The van der Waals surface area contributed by atoms with E-state index in [1.807, 2.05) is 18.4 Å². The number of esters is 1. The molecule has 2 aliphatic rings. The molecule has 1 aliphatic carbocycles. The summed E-state index contributed by atoms with van der Waals surface area (Å²) in [5, 5.41) is 8.40. The lowest BCUT2D eigenvalue weighted by Gasteiger charge is -2.34. The highest BCUT2D eigenvalue weighted by atomic mass is 32.2. The SMILES string of the molecule is COC(=O)CSc1nc2n(n1)[C@@H](c1ccc(SC)cc1)C1=C(C[C@@H](C)CC1=O)N2. The third-order valence-corrected chi connectivity index (χ3v) is 6.64. The van der Waals surface area contributed by atoms with Crippen molar-refractivity contribution < 1.29 is 14.3 Å². The molecule has 7 nitrogen and oxygen atoms in total. The normalized spacial score (nSPS) is 20.7. The van der Waals surface area contributed by atoms with Crippen LogP contribution in [-0.2, 0) is 14.3 Å². The Hall–Kier alpha value is -2.26. The first-order chi connectivity index (χ1) is 14.0. The number of thioether (sulfide) groups is 2. The summed E-state index contributed by atoms with van der Waals surface area (Å²) in [4.78, 5) is 30.2. The van der Waals surface area contributed by atoms with Gasteiger partial charge in [0.15, 0.2) is 5.78 Å². The maximum Gasteiger partial charge on any atom is 0.316 e. The minimum Gasteiger partial charge on any atom is -0.468 e. The lowest BCUT2D eigenvalue weighted by atomic mass is 9.81. The Morgan fingerprint density at radius 3 is 2.76 bits per heavy atom. The zero-order chi connectivity index (χ0) is 20.5. The highest BCUT2D eigenvalue weighted by Crippen LogP contribution is 2.42. The van der Waals surface area contributed by atoms with Gasteiger partial charge in [0.25, 0.3) is 0 Å². The van der Waals surface area contributed by atoms with Gasteiger partial charge in [0.05, 0.1) is 12.9 Å². The molecule has 0 bridgehead atoms. The van der Waals surface area contributed by atoms with E-state index in [1.165, 1.54) is 18.9 Å². The fraction of sp³-hybridized carbons (Fsp3) is 0.400. The average Bonchev–Trinajstić information content (AvgIpc) is 3.12. The Kier molecular flexibility index (Phi) is 5.69. The predicted molar refractivity (Wildman–Crippen MR) is 113 cm³/mol. The molecule has 1 aliphatic heterocycles. The first-order valence-electron chi connectivity index (χ1n) is 9.33. The van der Waals surface area contributed by atoms with Crippen molar-refractivity contribution in [3.8, 4) is 0 Å². The number of nitrogens with zero attached hydrogens (tertiary/aromatic N) is 3. The lowest BCUT2D eigenvalue weighted by molar-refractivity contribution is -0.137. The summed E-state index contributed by atoms with van der Waals surface area (Å²) in [6.07, 6.45) is 3.37. The van der Waals surface area contributed by atoms with Crippen molar-refractivity contribution in [2.45, 2.75) is 35.9 Å². The van der Waals surface area contributed by atoms with Crippen LogP contribution in [0.1, 0.15) is 31.4 Å².